The van der Waals surface area contributed by atoms with Gasteiger partial charge in [-0.1, -0.05) is 18.2 Å². The second-order valence-corrected chi connectivity index (χ2v) is 4.92. The molecule has 0 atom stereocenters. The van der Waals surface area contributed by atoms with Crippen LogP contribution in [0.15, 0.2) is 35.2 Å². The standard InChI is InChI=1S/C9H10F2O2S/c10-9(11)6-7-14(12,13)8-4-2-1-3-5-8/h1-5,9H,6-7H2. The summed E-state index contributed by atoms with van der Waals surface area (Å²) in [7, 11) is -3.54. The van der Waals surface area contributed by atoms with E-state index in [0.717, 1.165) is 0 Å². The van der Waals surface area contributed by atoms with Crippen LogP contribution in [0.25, 0.3) is 0 Å². The number of halogens is 2. The third-order valence-electron chi connectivity index (χ3n) is 1.71. The number of alkyl halides is 2. The fourth-order valence-corrected chi connectivity index (χ4v) is 2.29. The summed E-state index contributed by atoms with van der Waals surface area (Å²) in [6.45, 7) is 0. The monoisotopic (exact) mass is 220 g/mol. The lowest BCUT2D eigenvalue weighted by Gasteiger charge is -2.02. The summed E-state index contributed by atoms with van der Waals surface area (Å²) in [5.74, 6) is -0.505. The van der Waals surface area contributed by atoms with Crippen LogP contribution in [0, 0.1) is 0 Å². The fraction of sp³-hybridized carbons (Fsp3) is 0.333. The second-order valence-electron chi connectivity index (χ2n) is 2.81. The van der Waals surface area contributed by atoms with Gasteiger partial charge >= 0.3 is 0 Å². The van der Waals surface area contributed by atoms with E-state index >= 15 is 0 Å². The first-order valence-corrected chi connectivity index (χ1v) is 5.73. The van der Waals surface area contributed by atoms with E-state index in [1.54, 1.807) is 18.2 Å². The maximum Gasteiger partial charge on any atom is 0.239 e. The molecule has 14 heavy (non-hydrogen) atoms. The molecule has 0 unspecified atom stereocenters. The fourth-order valence-electron chi connectivity index (χ4n) is 0.990. The van der Waals surface area contributed by atoms with Crippen molar-refractivity contribution >= 4 is 9.84 Å². The van der Waals surface area contributed by atoms with E-state index in [4.69, 9.17) is 0 Å². The highest BCUT2D eigenvalue weighted by Gasteiger charge is 2.16. The Morgan fingerprint density at radius 3 is 2.21 bits per heavy atom. The lowest BCUT2D eigenvalue weighted by atomic mass is 10.4. The van der Waals surface area contributed by atoms with E-state index in [2.05, 4.69) is 0 Å². The molecule has 5 heteroatoms. The summed E-state index contributed by atoms with van der Waals surface area (Å²) in [6.07, 6.45) is -3.19. The Kier molecular flexibility index (Phi) is 3.57. The molecule has 0 radical (unpaired) electrons. The summed E-state index contributed by atoms with van der Waals surface area (Å²) >= 11 is 0. The van der Waals surface area contributed by atoms with Crippen molar-refractivity contribution in [2.45, 2.75) is 17.7 Å². The van der Waals surface area contributed by atoms with Crippen molar-refractivity contribution in [1.82, 2.24) is 0 Å². The van der Waals surface area contributed by atoms with E-state index in [9.17, 15) is 17.2 Å². The summed E-state index contributed by atoms with van der Waals surface area (Å²) in [4.78, 5) is 0.0978. The molecule has 0 spiro atoms. The molecular formula is C9H10F2O2S. The van der Waals surface area contributed by atoms with E-state index in [1.807, 2.05) is 0 Å². The smallest absolute Gasteiger partial charge is 0.224 e. The molecule has 1 rings (SSSR count). The summed E-state index contributed by atoms with van der Waals surface area (Å²) in [5, 5.41) is 0. The highest BCUT2D eigenvalue weighted by Crippen LogP contribution is 2.12. The maximum atomic E-state index is 11.8. The number of hydrogen-bond donors (Lipinski definition) is 0. The van der Waals surface area contributed by atoms with Gasteiger partial charge in [0.05, 0.1) is 10.6 Å². The quantitative estimate of drug-likeness (QED) is 0.778. The van der Waals surface area contributed by atoms with E-state index in [0.29, 0.717) is 0 Å². The predicted molar refractivity (Wildman–Crippen MR) is 49.1 cm³/mol. The molecule has 2 nitrogen and oxygen atoms in total. The van der Waals surface area contributed by atoms with Crippen LogP contribution in [-0.4, -0.2) is 20.6 Å². The first-order chi connectivity index (χ1) is 6.52. The normalized spacial score (nSPS) is 11.9. The van der Waals surface area contributed by atoms with Gasteiger partial charge in [0.2, 0.25) is 6.43 Å². The van der Waals surface area contributed by atoms with Gasteiger partial charge in [0.25, 0.3) is 0 Å². The lowest BCUT2D eigenvalue weighted by Crippen LogP contribution is -2.09. The van der Waals surface area contributed by atoms with Crippen molar-refractivity contribution < 1.29 is 17.2 Å². The molecule has 0 aromatic heterocycles. The van der Waals surface area contributed by atoms with Gasteiger partial charge in [-0.25, -0.2) is 17.2 Å². The van der Waals surface area contributed by atoms with Crippen molar-refractivity contribution in [2.75, 3.05) is 5.75 Å². The number of rotatable bonds is 4. The maximum absolute atomic E-state index is 11.8. The molecule has 0 saturated heterocycles. The Bertz CT molecular complexity index is 373. The highest BCUT2D eigenvalue weighted by atomic mass is 32.2. The first-order valence-electron chi connectivity index (χ1n) is 4.08. The van der Waals surface area contributed by atoms with E-state index in [1.165, 1.54) is 12.1 Å². The second kappa shape index (κ2) is 4.50. The van der Waals surface area contributed by atoms with Gasteiger partial charge in [0, 0.05) is 6.42 Å². The van der Waals surface area contributed by atoms with Gasteiger partial charge in [0.1, 0.15) is 0 Å². The molecule has 0 saturated carbocycles. The molecule has 0 amide bonds. The molecule has 0 heterocycles. The molecule has 0 fully saturated rings. The van der Waals surface area contributed by atoms with Crippen LogP contribution in [0.2, 0.25) is 0 Å². The Balaban J connectivity index is 2.77. The Labute approximate surface area is 81.5 Å². The topological polar surface area (TPSA) is 34.1 Å². The van der Waals surface area contributed by atoms with Crippen molar-refractivity contribution in [2.24, 2.45) is 0 Å². The predicted octanol–water partition coefficient (Wildman–Crippen LogP) is 2.12. The Hall–Kier alpha value is -0.970. The van der Waals surface area contributed by atoms with Crippen molar-refractivity contribution in [3.63, 3.8) is 0 Å². The molecule has 1 aromatic rings. The SMILES string of the molecule is O=S(=O)(CCC(F)F)c1ccccc1. The lowest BCUT2D eigenvalue weighted by molar-refractivity contribution is 0.145. The molecule has 0 N–H and O–H groups in total. The number of benzene rings is 1. The van der Waals surface area contributed by atoms with Crippen LogP contribution in [0.5, 0.6) is 0 Å². The average Bonchev–Trinajstić information content (AvgIpc) is 2.16. The van der Waals surface area contributed by atoms with Gasteiger partial charge in [0.15, 0.2) is 9.84 Å². The molecule has 0 aliphatic carbocycles. The van der Waals surface area contributed by atoms with Crippen molar-refractivity contribution in [3.8, 4) is 0 Å². The Morgan fingerprint density at radius 2 is 1.71 bits per heavy atom. The molecular weight excluding hydrogens is 210 g/mol. The summed E-state index contributed by atoms with van der Waals surface area (Å²) in [6, 6.07) is 7.61. The van der Waals surface area contributed by atoms with Crippen LogP contribution < -0.4 is 0 Å². The number of hydrogen-bond acceptors (Lipinski definition) is 2. The number of sulfone groups is 1. The van der Waals surface area contributed by atoms with Crippen molar-refractivity contribution in [1.29, 1.82) is 0 Å². The minimum Gasteiger partial charge on any atom is -0.224 e. The summed E-state index contributed by atoms with van der Waals surface area (Å²) < 4.78 is 46.4. The molecule has 0 aliphatic rings. The van der Waals surface area contributed by atoms with E-state index in [-0.39, 0.29) is 4.90 Å². The Morgan fingerprint density at radius 1 is 1.14 bits per heavy atom. The third kappa shape index (κ3) is 3.06. The van der Waals surface area contributed by atoms with Crippen LogP contribution >= 0.6 is 0 Å². The van der Waals surface area contributed by atoms with Crippen LogP contribution in [0.4, 0.5) is 8.78 Å². The van der Waals surface area contributed by atoms with E-state index < -0.39 is 28.4 Å². The third-order valence-corrected chi connectivity index (χ3v) is 3.47. The summed E-state index contributed by atoms with van der Waals surface area (Å²) in [5.41, 5.74) is 0. The average molecular weight is 220 g/mol. The van der Waals surface area contributed by atoms with Crippen molar-refractivity contribution in [3.05, 3.63) is 30.3 Å². The van der Waals surface area contributed by atoms with Crippen LogP contribution in [0.1, 0.15) is 6.42 Å². The minimum absolute atomic E-state index is 0.0978. The van der Waals surface area contributed by atoms with Gasteiger partial charge in [-0.3, -0.25) is 0 Å². The molecule has 78 valence electrons. The molecule has 0 aliphatic heterocycles. The first kappa shape index (κ1) is 11.1. The highest BCUT2D eigenvalue weighted by molar-refractivity contribution is 7.91. The largest absolute Gasteiger partial charge is 0.239 e. The van der Waals surface area contributed by atoms with Gasteiger partial charge in [-0.15, -0.1) is 0 Å². The molecule has 0 bridgehead atoms. The molecule has 1 aromatic carbocycles. The van der Waals surface area contributed by atoms with Gasteiger partial charge in [-0.2, -0.15) is 0 Å². The minimum atomic E-state index is -3.54. The van der Waals surface area contributed by atoms with Crippen LogP contribution in [-0.2, 0) is 9.84 Å². The zero-order valence-electron chi connectivity index (χ0n) is 7.36. The van der Waals surface area contributed by atoms with Gasteiger partial charge in [-0.05, 0) is 12.1 Å². The van der Waals surface area contributed by atoms with Gasteiger partial charge < -0.3 is 0 Å². The zero-order chi connectivity index (χ0) is 10.6. The van der Waals surface area contributed by atoms with Crippen LogP contribution in [0.3, 0.4) is 0 Å². The zero-order valence-corrected chi connectivity index (χ0v) is 8.18.